The molecule has 1 aromatic heterocycles. The zero-order valence-electron chi connectivity index (χ0n) is 19.3. The van der Waals surface area contributed by atoms with Gasteiger partial charge in [-0.3, -0.25) is 20.4 Å². The maximum atomic E-state index is 12.6. The number of aromatic nitrogens is 1. The molecule has 11 nitrogen and oxygen atoms in total. The van der Waals surface area contributed by atoms with Gasteiger partial charge in [0.25, 0.3) is 11.8 Å². The summed E-state index contributed by atoms with van der Waals surface area (Å²) in [5, 5.41) is 0. The Morgan fingerprint density at radius 2 is 1.62 bits per heavy atom. The van der Waals surface area contributed by atoms with E-state index in [-0.39, 0.29) is 34.9 Å². The molecule has 1 saturated heterocycles. The number of H-pyrrole nitrogens is 1. The number of nitrogens with zero attached hydrogens (tertiary/aromatic N) is 1. The van der Waals surface area contributed by atoms with Crippen LogP contribution in [0.4, 0.5) is 0 Å². The van der Waals surface area contributed by atoms with Gasteiger partial charge in [0.1, 0.15) is 12.3 Å². The van der Waals surface area contributed by atoms with Gasteiger partial charge in [-0.2, -0.15) is 4.31 Å². The first-order valence-electron chi connectivity index (χ1n) is 10.7. The minimum Gasteiger partial charge on any atom is -0.460 e. The van der Waals surface area contributed by atoms with Crippen molar-refractivity contribution in [3.63, 3.8) is 0 Å². The summed E-state index contributed by atoms with van der Waals surface area (Å²) in [6.45, 7) is 4.52. The molecule has 1 fully saturated rings. The first-order valence-corrected chi connectivity index (χ1v) is 12.2. The highest BCUT2D eigenvalue weighted by Gasteiger charge is 2.27. The van der Waals surface area contributed by atoms with Crippen LogP contribution in [0.2, 0.25) is 0 Å². The van der Waals surface area contributed by atoms with Gasteiger partial charge in [-0.25, -0.2) is 13.2 Å². The summed E-state index contributed by atoms with van der Waals surface area (Å²) < 4.78 is 36.6. The van der Waals surface area contributed by atoms with Gasteiger partial charge in [0.15, 0.2) is 0 Å². The molecule has 3 rings (SSSR count). The normalized spacial score (nSPS) is 14.1. The van der Waals surface area contributed by atoms with Crippen LogP contribution in [0.5, 0.6) is 0 Å². The quantitative estimate of drug-likeness (QED) is 0.286. The fourth-order valence-electron chi connectivity index (χ4n) is 3.68. The smallest absolute Gasteiger partial charge is 0.340 e. The Bertz CT molecular complexity index is 1170. The van der Waals surface area contributed by atoms with Gasteiger partial charge in [-0.05, 0) is 56.5 Å². The number of esters is 1. The van der Waals surface area contributed by atoms with Gasteiger partial charge in [0.2, 0.25) is 10.0 Å². The van der Waals surface area contributed by atoms with Crippen LogP contribution in [0.25, 0.3) is 0 Å². The zero-order valence-corrected chi connectivity index (χ0v) is 20.1. The molecule has 1 aliphatic rings. The Balaban J connectivity index is 1.62. The predicted molar refractivity (Wildman–Crippen MR) is 122 cm³/mol. The van der Waals surface area contributed by atoms with Crippen molar-refractivity contribution in [2.75, 3.05) is 33.4 Å². The number of hydrogen-bond acceptors (Lipinski definition) is 7. The highest BCUT2D eigenvalue weighted by Crippen LogP contribution is 2.21. The van der Waals surface area contributed by atoms with Crippen LogP contribution >= 0.6 is 0 Å². The van der Waals surface area contributed by atoms with E-state index in [1.165, 1.54) is 35.7 Å². The number of sulfonamides is 1. The van der Waals surface area contributed by atoms with Gasteiger partial charge >= 0.3 is 5.97 Å². The highest BCUT2D eigenvalue weighted by molar-refractivity contribution is 7.89. The van der Waals surface area contributed by atoms with Crippen molar-refractivity contribution in [2.45, 2.75) is 31.6 Å². The van der Waals surface area contributed by atoms with Gasteiger partial charge in [0, 0.05) is 31.5 Å². The van der Waals surface area contributed by atoms with E-state index in [0.29, 0.717) is 24.3 Å². The van der Waals surface area contributed by atoms with Crippen molar-refractivity contribution >= 4 is 27.8 Å². The number of rotatable bonds is 8. The Hall–Kier alpha value is -3.22. The van der Waals surface area contributed by atoms with E-state index in [9.17, 15) is 22.8 Å². The second kappa shape index (κ2) is 10.8. The topological polar surface area (TPSA) is 147 Å². The molecule has 2 aromatic rings. The molecule has 1 aromatic carbocycles. The summed E-state index contributed by atoms with van der Waals surface area (Å²) in [5.41, 5.74) is 5.91. The summed E-state index contributed by atoms with van der Waals surface area (Å²) in [5.74, 6) is -1.87. The van der Waals surface area contributed by atoms with Crippen LogP contribution in [0.3, 0.4) is 0 Å². The van der Waals surface area contributed by atoms with Crippen LogP contribution in [-0.4, -0.2) is 68.9 Å². The number of ether oxygens (including phenoxy) is 2. The van der Waals surface area contributed by atoms with E-state index in [0.717, 1.165) is 12.8 Å². The minimum absolute atomic E-state index is 0.0785. The molecule has 34 heavy (non-hydrogen) atoms. The van der Waals surface area contributed by atoms with Crippen molar-refractivity contribution in [1.29, 1.82) is 0 Å². The first-order chi connectivity index (χ1) is 16.2. The fraction of sp³-hybridized carbons (Fsp3) is 0.409. The molecule has 12 heteroatoms. The van der Waals surface area contributed by atoms with Crippen molar-refractivity contribution in [3.8, 4) is 0 Å². The number of benzene rings is 1. The molecule has 0 atom stereocenters. The number of aromatic amines is 1. The number of hydrogen-bond donors (Lipinski definition) is 3. The van der Waals surface area contributed by atoms with Crippen molar-refractivity contribution in [1.82, 2.24) is 20.1 Å². The summed E-state index contributed by atoms with van der Waals surface area (Å²) in [6, 6.07) is 5.49. The molecule has 0 saturated carbocycles. The average Bonchev–Trinajstić information content (AvgIpc) is 3.46. The average molecular weight is 493 g/mol. The molecule has 2 heterocycles. The van der Waals surface area contributed by atoms with Gasteiger partial charge in [-0.1, -0.05) is 0 Å². The Morgan fingerprint density at radius 3 is 2.24 bits per heavy atom. The van der Waals surface area contributed by atoms with E-state index in [4.69, 9.17) is 9.47 Å². The number of amides is 2. The lowest BCUT2D eigenvalue weighted by Crippen LogP contribution is -2.42. The third kappa shape index (κ3) is 5.46. The van der Waals surface area contributed by atoms with E-state index >= 15 is 0 Å². The van der Waals surface area contributed by atoms with Crippen molar-refractivity contribution in [2.24, 2.45) is 0 Å². The second-order valence-electron chi connectivity index (χ2n) is 7.80. The summed E-state index contributed by atoms with van der Waals surface area (Å²) >= 11 is 0. The monoisotopic (exact) mass is 492 g/mol. The molecule has 0 spiro atoms. The van der Waals surface area contributed by atoms with Crippen molar-refractivity contribution < 1.29 is 32.3 Å². The molecule has 2 amide bonds. The lowest BCUT2D eigenvalue weighted by Gasteiger charge is -2.15. The number of carbonyl (C=O) groups is 3. The Kier molecular flexibility index (Phi) is 8.07. The van der Waals surface area contributed by atoms with Crippen molar-refractivity contribution in [3.05, 3.63) is 52.3 Å². The molecule has 1 aliphatic heterocycles. The molecule has 0 unspecified atom stereocenters. The minimum atomic E-state index is -3.58. The maximum absolute atomic E-state index is 12.6. The van der Waals surface area contributed by atoms with E-state index < -0.39 is 27.8 Å². The second-order valence-corrected chi connectivity index (χ2v) is 9.74. The first kappa shape index (κ1) is 25.4. The van der Waals surface area contributed by atoms with E-state index in [2.05, 4.69) is 15.8 Å². The molecule has 0 bridgehead atoms. The van der Waals surface area contributed by atoms with Crippen LogP contribution in [0.1, 0.15) is 55.3 Å². The van der Waals surface area contributed by atoms with Gasteiger partial charge < -0.3 is 14.5 Å². The Morgan fingerprint density at radius 1 is 1.00 bits per heavy atom. The summed E-state index contributed by atoms with van der Waals surface area (Å²) in [6.07, 6.45) is 1.66. The number of hydrazine groups is 1. The largest absolute Gasteiger partial charge is 0.460 e. The van der Waals surface area contributed by atoms with Gasteiger partial charge in [0.05, 0.1) is 17.1 Å². The molecule has 0 radical (unpaired) electrons. The molecular weight excluding hydrogens is 464 g/mol. The number of carbonyl (C=O) groups excluding carboxylic acids is 3. The lowest BCUT2D eigenvalue weighted by atomic mass is 10.1. The maximum Gasteiger partial charge on any atom is 0.340 e. The number of nitrogens with one attached hydrogen (secondary N) is 3. The molecule has 0 aliphatic carbocycles. The number of aryl methyl sites for hydroxylation is 1. The van der Waals surface area contributed by atoms with E-state index in [1.54, 1.807) is 13.8 Å². The van der Waals surface area contributed by atoms with Gasteiger partial charge in [-0.15, -0.1) is 0 Å². The molecule has 184 valence electrons. The lowest BCUT2D eigenvalue weighted by molar-refractivity contribution is 0.0386. The Labute approximate surface area is 197 Å². The summed E-state index contributed by atoms with van der Waals surface area (Å²) in [7, 11) is -2.09. The van der Waals surface area contributed by atoms with E-state index in [1.807, 2.05) is 0 Å². The van der Waals surface area contributed by atoms with Crippen LogP contribution in [0, 0.1) is 13.8 Å². The predicted octanol–water partition coefficient (Wildman–Crippen LogP) is 1.29. The third-order valence-corrected chi connectivity index (χ3v) is 7.41. The van der Waals surface area contributed by atoms with Crippen LogP contribution in [0.15, 0.2) is 29.2 Å². The SMILES string of the molecule is COCCOC(=O)c1c(C)[nH]c(C(=O)NNC(=O)c2ccc(S(=O)(=O)N3CCCC3)cc2)c1C. The standard InChI is InChI=1S/C22H28N4O7S/c1-14-18(22(29)33-13-12-32-3)15(2)23-19(14)21(28)25-24-20(27)16-6-8-17(9-7-16)34(30,31)26-10-4-5-11-26/h6-9,23H,4-5,10-13H2,1-3H3,(H,24,27)(H,25,28). The molecular formula is C22H28N4O7S. The zero-order chi connectivity index (χ0) is 24.9. The molecule has 3 N–H and O–H groups in total. The van der Waals surface area contributed by atoms with Crippen LogP contribution in [-0.2, 0) is 19.5 Å². The summed E-state index contributed by atoms with van der Waals surface area (Å²) in [4.78, 5) is 40.2. The third-order valence-electron chi connectivity index (χ3n) is 5.50. The van der Waals surface area contributed by atoms with Crippen LogP contribution < -0.4 is 10.9 Å². The number of methoxy groups -OCH3 is 1. The fourth-order valence-corrected chi connectivity index (χ4v) is 5.19. The highest BCUT2D eigenvalue weighted by atomic mass is 32.2.